The van der Waals surface area contributed by atoms with Gasteiger partial charge in [0, 0.05) is 34.4 Å². The van der Waals surface area contributed by atoms with Gasteiger partial charge in [-0.25, -0.2) is 14.8 Å². The molecule has 11 heteroatoms. The number of benzene rings is 3. The molecule has 10 bridgehead atoms. The number of hydrogen-bond acceptors (Lipinski definition) is 9. The lowest BCUT2D eigenvalue weighted by atomic mass is 9.72. The Labute approximate surface area is 299 Å². The van der Waals surface area contributed by atoms with Gasteiger partial charge in [0.2, 0.25) is 17.7 Å². The van der Waals surface area contributed by atoms with Crippen molar-refractivity contribution in [2.24, 2.45) is 11.8 Å². The number of hydrogen-bond donors (Lipinski definition) is 3. The smallest absolute Gasteiger partial charge is 0.407 e. The molecule has 11 nitrogen and oxygen atoms in total. The van der Waals surface area contributed by atoms with Crippen molar-refractivity contribution in [3.05, 3.63) is 112 Å². The average Bonchev–Trinajstić information content (AvgIpc) is 3.95. The lowest BCUT2D eigenvalue weighted by molar-refractivity contribution is -0.124. The van der Waals surface area contributed by atoms with E-state index in [4.69, 9.17) is 28.3 Å². The Morgan fingerprint density at radius 2 is 1.88 bits per heavy atom. The van der Waals surface area contributed by atoms with E-state index in [0.29, 0.717) is 34.7 Å². The van der Waals surface area contributed by atoms with Crippen molar-refractivity contribution in [3.63, 3.8) is 0 Å². The van der Waals surface area contributed by atoms with Crippen molar-refractivity contribution >= 4 is 23.3 Å². The van der Waals surface area contributed by atoms with Crippen molar-refractivity contribution in [3.8, 4) is 28.5 Å². The van der Waals surface area contributed by atoms with E-state index in [1.165, 1.54) is 5.56 Å². The van der Waals surface area contributed by atoms with Crippen molar-refractivity contribution in [2.75, 3.05) is 11.9 Å². The fourth-order valence-corrected chi connectivity index (χ4v) is 8.53. The molecular weight excluding hydrogens is 658 g/mol. The minimum Gasteiger partial charge on any atom is -0.469 e. The third kappa shape index (κ3) is 4.31. The molecule has 1 spiro atoms. The lowest BCUT2D eigenvalue weighted by Gasteiger charge is -2.28. The highest BCUT2D eigenvalue weighted by Crippen LogP contribution is 2.61. The van der Waals surface area contributed by atoms with Crippen LogP contribution in [-0.2, 0) is 27.8 Å². The maximum atomic E-state index is 14.1. The lowest BCUT2D eigenvalue weighted by Crippen LogP contribution is -2.50. The van der Waals surface area contributed by atoms with E-state index in [9.17, 15) is 9.59 Å². The molecule has 0 saturated carbocycles. The molecule has 5 aliphatic rings. The molecule has 0 fully saturated rings. The Morgan fingerprint density at radius 1 is 1.04 bits per heavy atom. The maximum Gasteiger partial charge on any atom is 0.407 e. The average molecular weight is 696 g/mol. The molecule has 2 amide bonds. The van der Waals surface area contributed by atoms with E-state index in [2.05, 4.69) is 64.5 Å². The summed E-state index contributed by atoms with van der Waals surface area (Å²) in [5, 5.41) is 9.79. The number of nitrogens with zero attached hydrogens (tertiary/aromatic N) is 2. The molecule has 52 heavy (non-hydrogen) atoms. The highest BCUT2D eigenvalue weighted by atomic mass is 16.5. The van der Waals surface area contributed by atoms with Crippen molar-refractivity contribution in [1.82, 2.24) is 20.6 Å². The monoisotopic (exact) mass is 695 g/mol. The molecule has 5 aromatic rings. The van der Waals surface area contributed by atoms with Gasteiger partial charge in [-0.15, -0.1) is 0 Å². The molecule has 4 atom stereocenters. The third-order valence-corrected chi connectivity index (χ3v) is 10.9. The summed E-state index contributed by atoms with van der Waals surface area (Å²) in [5.74, 6) is 2.07. The van der Waals surface area contributed by atoms with Crippen molar-refractivity contribution in [1.29, 1.82) is 0 Å². The molecule has 4 aliphatic heterocycles. The first kappa shape index (κ1) is 30.9. The molecule has 10 rings (SSSR count). The van der Waals surface area contributed by atoms with E-state index in [0.717, 1.165) is 51.1 Å². The first-order valence-electron chi connectivity index (χ1n) is 17.9. The van der Waals surface area contributed by atoms with Gasteiger partial charge in [-0.1, -0.05) is 82.3 Å². The van der Waals surface area contributed by atoms with Gasteiger partial charge in [-0.05, 0) is 46.6 Å². The Kier molecular flexibility index (Phi) is 6.59. The molecule has 0 saturated heterocycles. The number of anilines is 1. The zero-order valence-electron chi connectivity index (χ0n) is 29.2. The largest absolute Gasteiger partial charge is 0.469 e. The van der Waals surface area contributed by atoms with Gasteiger partial charge in [0.15, 0.2) is 23.4 Å². The number of alkyl carbamates (subject to hydrolysis) is 1. The van der Waals surface area contributed by atoms with Crippen LogP contribution in [0.5, 0.6) is 5.75 Å². The van der Waals surface area contributed by atoms with Crippen LogP contribution in [0.1, 0.15) is 79.0 Å². The normalized spacial score (nSPS) is 22.7. The number of aromatic nitrogens is 2. The number of fused-ring (bicyclic) bond motifs is 7. The van der Waals surface area contributed by atoms with Gasteiger partial charge >= 0.3 is 6.09 Å². The fourth-order valence-electron chi connectivity index (χ4n) is 8.53. The minimum absolute atomic E-state index is 0.138. The van der Waals surface area contributed by atoms with Crippen LogP contribution < -0.4 is 20.7 Å². The Morgan fingerprint density at radius 3 is 2.73 bits per heavy atom. The van der Waals surface area contributed by atoms with Gasteiger partial charge in [-0.3, -0.25) is 4.79 Å². The van der Waals surface area contributed by atoms with E-state index in [1.54, 1.807) is 6.20 Å². The zero-order valence-corrected chi connectivity index (χ0v) is 29.2. The van der Waals surface area contributed by atoms with Gasteiger partial charge in [0.05, 0.1) is 12.8 Å². The number of para-hydroxylation sites is 1. The number of carbonyl (C=O) groups excluding carboxylic acids is 2. The minimum atomic E-state index is -1.02. The topological polar surface area (TPSA) is 141 Å². The summed E-state index contributed by atoms with van der Waals surface area (Å²) in [6.45, 7) is 8.14. The first-order chi connectivity index (χ1) is 25.2. The van der Waals surface area contributed by atoms with Crippen molar-refractivity contribution in [2.45, 2.75) is 64.3 Å². The molecule has 3 N–H and O–H groups in total. The van der Waals surface area contributed by atoms with Crippen LogP contribution in [0.15, 0.2) is 75.7 Å². The van der Waals surface area contributed by atoms with E-state index >= 15 is 0 Å². The van der Waals surface area contributed by atoms with E-state index in [1.807, 2.05) is 39.8 Å². The Hall–Kier alpha value is -5.84. The number of amides is 2. The summed E-state index contributed by atoms with van der Waals surface area (Å²) in [4.78, 5) is 37.1. The third-order valence-electron chi connectivity index (χ3n) is 10.9. The summed E-state index contributed by atoms with van der Waals surface area (Å²) in [5.41, 5.74) is 8.46. The van der Waals surface area contributed by atoms with Gasteiger partial charge < -0.3 is 34.3 Å². The Bertz CT molecular complexity index is 2370. The summed E-state index contributed by atoms with van der Waals surface area (Å²) < 4.78 is 25.9. The number of rotatable bonds is 4. The molecule has 6 heterocycles. The molecule has 262 valence electrons. The number of oxazole rings is 2. The second kappa shape index (κ2) is 11.1. The quantitative estimate of drug-likeness (QED) is 0.183. The summed E-state index contributed by atoms with van der Waals surface area (Å²) in [7, 11) is 0. The van der Waals surface area contributed by atoms with E-state index < -0.39 is 29.8 Å². The number of allylic oxidation sites excluding steroid dienone is 1. The fraction of sp³-hybridized carbons (Fsp3) is 0.317. The molecular formula is C41H37N5O6. The van der Waals surface area contributed by atoms with Gasteiger partial charge in [0.1, 0.15) is 23.2 Å². The van der Waals surface area contributed by atoms with Crippen LogP contribution in [0.25, 0.3) is 28.3 Å². The molecule has 3 aromatic carbocycles. The summed E-state index contributed by atoms with van der Waals surface area (Å²) >= 11 is 0. The summed E-state index contributed by atoms with van der Waals surface area (Å²) in [6.07, 6.45) is 3.69. The van der Waals surface area contributed by atoms with Crippen LogP contribution in [0, 0.1) is 11.8 Å². The van der Waals surface area contributed by atoms with Crippen LogP contribution in [0.2, 0.25) is 0 Å². The number of ether oxygens (including phenoxy) is 2. The van der Waals surface area contributed by atoms with Crippen LogP contribution >= 0.6 is 0 Å². The van der Waals surface area contributed by atoms with Crippen LogP contribution in [-0.4, -0.2) is 40.8 Å². The van der Waals surface area contributed by atoms with Gasteiger partial charge in [-0.2, -0.15) is 0 Å². The molecule has 2 unspecified atom stereocenters. The SMILES string of the molecule is CC(C)COC(=O)NC1Cc2ccc3c(c2)C24c5cccc(c5N[C@H]2O3)-c2cccc3c2C(=CC3)c2cnc(o2)-c2nc(oc24)[C@H](C(C)C)NC1=O. The van der Waals surface area contributed by atoms with Crippen molar-refractivity contribution < 1.29 is 27.9 Å². The predicted molar refractivity (Wildman–Crippen MR) is 192 cm³/mol. The number of carbonyl (C=O) groups is 2. The molecule has 2 aromatic heterocycles. The molecule has 1 aliphatic carbocycles. The second-order valence-corrected chi connectivity index (χ2v) is 15.1. The van der Waals surface area contributed by atoms with Crippen LogP contribution in [0.4, 0.5) is 10.5 Å². The highest BCUT2D eigenvalue weighted by Gasteiger charge is 2.61. The highest BCUT2D eigenvalue weighted by molar-refractivity contribution is 5.97. The van der Waals surface area contributed by atoms with Crippen LogP contribution in [0.3, 0.4) is 0 Å². The maximum absolute atomic E-state index is 14.1. The van der Waals surface area contributed by atoms with E-state index in [-0.39, 0.29) is 30.8 Å². The number of nitrogens with one attached hydrogen (secondary N) is 3. The first-order valence-corrected chi connectivity index (χ1v) is 17.9. The Balaban J connectivity index is 1.25. The predicted octanol–water partition coefficient (Wildman–Crippen LogP) is 6.90. The van der Waals surface area contributed by atoms with Gasteiger partial charge in [0.25, 0.3) is 0 Å². The standard InChI is InChI=1S/C41H37N5O6/c1-19(2)18-49-40(48)43-28-16-21-11-14-29-27(15-21)41-26-10-6-9-24(33(26)46-39(41)51-29)23-8-5-7-22-12-13-25(31(22)23)30-17-42-37(50-30)34-35(41)52-38(45-34)32(20(3)4)44-36(28)47/h5-11,13-15,17,19-20,28,32,39,46H,12,16,18H2,1-4H3,(H,43,48)(H,44,47)/t28?,32-,39-,41?/m0/s1. The summed E-state index contributed by atoms with van der Waals surface area (Å²) in [6, 6.07) is 17.1. The molecule has 0 radical (unpaired) electrons. The zero-order chi connectivity index (χ0) is 35.5. The second-order valence-electron chi connectivity index (χ2n) is 15.1.